The number of nitrogens with zero attached hydrogens (tertiary/aromatic N) is 2. The lowest BCUT2D eigenvalue weighted by Crippen LogP contribution is -2.36. The van der Waals surface area contributed by atoms with Crippen LogP contribution in [-0.4, -0.2) is 36.1 Å². The second kappa shape index (κ2) is 7.95. The van der Waals surface area contributed by atoms with Crippen molar-refractivity contribution in [3.8, 4) is 11.5 Å². The van der Waals surface area contributed by atoms with Gasteiger partial charge in [0.25, 0.3) is 0 Å². The fraction of sp³-hybridized carbons (Fsp3) is 0.500. The van der Waals surface area contributed by atoms with Gasteiger partial charge < -0.3 is 9.73 Å². The molecule has 1 N–H and O–H groups in total. The predicted octanol–water partition coefficient (Wildman–Crippen LogP) is 3.82. The first-order valence-corrected chi connectivity index (χ1v) is 8.76. The molecule has 1 saturated heterocycles. The maximum Gasteiger partial charge on any atom is 0.226 e. The zero-order valence-corrected chi connectivity index (χ0v) is 14.4. The van der Waals surface area contributed by atoms with Crippen molar-refractivity contribution in [2.75, 3.05) is 26.2 Å². The van der Waals surface area contributed by atoms with E-state index in [0.29, 0.717) is 10.9 Å². The molecule has 0 saturated carbocycles. The average Bonchev–Trinajstić information content (AvgIpc) is 3.03. The van der Waals surface area contributed by atoms with Gasteiger partial charge in [0, 0.05) is 17.1 Å². The van der Waals surface area contributed by atoms with Crippen LogP contribution >= 0.6 is 11.6 Å². The van der Waals surface area contributed by atoms with Gasteiger partial charge in [-0.05, 0) is 63.1 Å². The summed E-state index contributed by atoms with van der Waals surface area (Å²) in [5, 5.41) is 4.15. The Morgan fingerprint density at radius 3 is 2.91 bits per heavy atom. The summed E-state index contributed by atoms with van der Waals surface area (Å²) < 4.78 is 5.62. The molecule has 23 heavy (non-hydrogen) atoms. The number of nitrogens with one attached hydrogen (secondary N) is 1. The minimum absolute atomic E-state index is 0.643. The van der Waals surface area contributed by atoms with Crippen molar-refractivity contribution in [3.05, 3.63) is 41.2 Å². The third kappa shape index (κ3) is 4.56. The molecular weight excluding hydrogens is 310 g/mol. The monoisotopic (exact) mass is 333 g/mol. The van der Waals surface area contributed by atoms with E-state index in [1.165, 1.54) is 12.8 Å². The van der Waals surface area contributed by atoms with Crippen LogP contribution in [0.1, 0.15) is 25.5 Å². The Balaban J connectivity index is 1.54. The second-order valence-electron chi connectivity index (χ2n) is 6.18. The third-order valence-corrected chi connectivity index (χ3v) is 4.63. The quantitative estimate of drug-likeness (QED) is 0.872. The van der Waals surface area contributed by atoms with Gasteiger partial charge in [0.2, 0.25) is 5.89 Å². The van der Waals surface area contributed by atoms with E-state index < -0.39 is 0 Å². The first-order valence-electron chi connectivity index (χ1n) is 8.38. The summed E-state index contributed by atoms with van der Waals surface area (Å²) in [5.41, 5.74) is 1.92. The molecule has 4 nitrogen and oxygen atoms in total. The van der Waals surface area contributed by atoms with E-state index in [4.69, 9.17) is 16.0 Å². The first-order chi connectivity index (χ1) is 11.2. The molecule has 1 aliphatic rings. The summed E-state index contributed by atoms with van der Waals surface area (Å²) in [6.07, 6.45) is 4.28. The number of oxazole rings is 1. The minimum atomic E-state index is 0.643. The Morgan fingerprint density at radius 2 is 2.17 bits per heavy atom. The van der Waals surface area contributed by atoms with Gasteiger partial charge in [-0.25, -0.2) is 4.98 Å². The number of hydrogen-bond acceptors (Lipinski definition) is 4. The summed E-state index contributed by atoms with van der Waals surface area (Å²) >= 11 is 6.02. The zero-order chi connectivity index (χ0) is 16.1. The highest BCUT2D eigenvalue weighted by Crippen LogP contribution is 2.23. The second-order valence-corrected chi connectivity index (χ2v) is 6.62. The lowest BCUT2D eigenvalue weighted by Gasteiger charge is -2.31. The third-order valence-electron chi connectivity index (χ3n) is 4.40. The van der Waals surface area contributed by atoms with E-state index in [1.54, 1.807) is 6.26 Å². The van der Waals surface area contributed by atoms with Gasteiger partial charge in [-0.15, -0.1) is 0 Å². The predicted molar refractivity (Wildman–Crippen MR) is 93.5 cm³/mol. The molecule has 5 heteroatoms. The van der Waals surface area contributed by atoms with Crippen LogP contribution in [0.2, 0.25) is 5.02 Å². The van der Waals surface area contributed by atoms with Crippen LogP contribution in [-0.2, 0) is 6.54 Å². The number of rotatable bonds is 6. The van der Waals surface area contributed by atoms with Crippen LogP contribution in [0.25, 0.3) is 11.5 Å². The van der Waals surface area contributed by atoms with E-state index in [1.807, 2.05) is 24.3 Å². The van der Waals surface area contributed by atoms with Crippen molar-refractivity contribution in [1.29, 1.82) is 0 Å². The molecule has 1 aromatic carbocycles. The van der Waals surface area contributed by atoms with Crippen molar-refractivity contribution in [1.82, 2.24) is 15.2 Å². The van der Waals surface area contributed by atoms with Gasteiger partial charge in [0.1, 0.15) is 6.26 Å². The summed E-state index contributed by atoms with van der Waals surface area (Å²) in [4.78, 5) is 7.07. The van der Waals surface area contributed by atoms with Crippen LogP contribution in [0.5, 0.6) is 0 Å². The molecule has 2 aromatic rings. The maximum absolute atomic E-state index is 6.02. The number of piperidine rings is 1. The van der Waals surface area contributed by atoms with Crippen LogP contribution < -0.4 is 5.32 Å². The van der Waals surface area contributed by atoms with Crippen molar-refractivity contribution < 1.29 is 4.42 Å². The minimum Gasteiger partial charge on any atom is -0.444 e. The molecule has 1 fully saturated rings. The highest BCUT2D eigenvalue weighted by molar-refractivity contribution is 6.30. The maximum atomic E-state index is 6.02. The highest BCUT2D eigenvalue weighted by atomic mass is 35.5. The molecule has 0 radical (unpaired) electrons. The normalized spacial score (nSPS) is 16.8. The molecule has 2 heterocycles. The van der Waals surface area contributed by atoms with Gasteiger partial charge in [0.15, 0.2) is 0 Å². The Bertz CT molecular complexity index is 620. The Hall–Kier alpha value is -1.36. The average molecular weight is 334 g/mol. The fourth-order valence-corrected chi connectivity index (χ4v) is 3.25. The number of likely N-dealkylation sites (tertiary alicyclic amines) is 1. The summed E-state index contributed by atoms with van der Waals surface area (Å²) in [6, 6.07) is 7.61. The number of halogens is 1. The molecule has 0 amide bonds. The summed E-state index contributed by atoms with van der Waals surface area (Å²) in [5.74, 6) is 1.45. The topological polar surface area (TPSA) is 41.3 Å². The van der Waals surface area contributed by atoms with Crippen molar-refractivity contribution in [2.24, 2.45) is 5.92 Å². The van der Waals surface area contributed by atoms with Crippen LogP contribution in [0.15, 0.2) is 34.9 Å². The smallest absolute Gasteiger partial charge is 0.226 e. The fourth-order valence-electron chi connectivity index (χ4n) is 3.06. The lowest BCUT2D eigenvalue weighted by atomic mass is 9.97. The van der Waals surface area contributed by atoms with Crippen molar-refractivity contribution in [3.63, 3.8) is 0 Å². The largest absolute Gasteiger partial charge is 0.444 e. The highest BCUT2D eigenvalue weighted by Gasteiger charge is 2.20. The molecule has 0 spiro atoms. The zero-order valence-electron chi connectivity index (χ0n) is 13.6. The standard InChI is InChI=1S/C18H24ClN3O/c1-2-20-11-14-6-8-22(9-7-14)12-17-13-23-18(21-17)15-4-3-5-16(19)10-15/h3-5,10,13-14,20H,2,6-9,11-12H2,1H3. The van der Waals surface area contributed by atoms with Gasteiger partial charge in [-0.3, -0.25) is 4.90 Å². The molecule has 0 atom stereocenters. The Morgan fingerprint density at radius 1 is 1.35 bits per heavy atom. The van der Waals surface area contributed by atoms with Gasteiger partial charge in [-0.2, -0.15) is 0 Å². The number of aromatic nitrogens is 1. The number of hydrogen-bond donors (Lipinski definition) is 1. The summed E-state index contributed by atoms with van der Waals surface area (Å²) in [7, 11) is 0. The molecule has 0 unspecified atom stereocenters. The van der Waals surface area contributed by atoms with Crippen LogP contribution in [0.3, 0.4) is 0 Å². The molecule has 3 rings (SSSR count). The van der Waals surface area contributed by atoms with Crippen LogP contribution in [0.4, 0.5) is 0 Å². The van der Waals surface area contributed by atoms with E-state index >= 15 is 0 Å². The SMILES string of the molecule is CCNCC1CCN(Cc2coc(-c3cccc(Cl)c3)n2)CC1. The van der Waals surface area contributed by atoms with Crippen molar-refractivity contribution >= 4 is 11.6 Å². The van der Waals surface area contributed by atoms with Crippen LogP contribution in [0, 0.1) is 5.92 Å². The summed E-state index contributed by atoms with van der Waals surface area (Å²) in [6.45, 7) is 7.50. The first kappa shape index (κ1) is 16.5. The molecule has 124 valence electrons. The molecule has 0 aliphatic carbocycles. The van der Waals surface area contributed by atoms with E-state index in [-0.39, 0.29) is 0 Å². The van der Waals surface area contributed by atoms with Crippen molar-refractivity contribution in [2.45, 2.75) is 26.3 Å². The van der Waals surface area contributed by atoms with E-state index in [2.05, 4.69) is 22.1 Å². The molecule has 0 bridgehead atoms. The van der Waals surface area contributed by atoms with Gasteiger partial charge in [-0.1, -0.05) is 24.6 Å². The molecule has 1 aromatic heterocycles. The molecule has 1 aliphatic heterocycles. The lowest BCUT2D eigenvalue weighted by molar-refractivity contribution is 0.174. The van der Waals surface area contributed by atoms with E-state index in [0.717, 1.165) is 49.9 Å². The number of benzene rings is 1. The Labute approximate surface area is 142 Å². The Kier molecular flexibility index (Phi) is 5.70. The molecular formula is C18H24ClN3O. The van der Waals surface area contributed by atoms with Gasteiger partial charge >= 0.3 is 0 Å². The van der Waals surface area contributed by atoms with Gasteiger partial charge in [0.05, 0.1) is 5.69 Å². The van der Waals surface area contributed by atoms with E-state index in [9.17, 15) is 0 Å².